The first-order chi connectivity index (χ1) is 11.8. The maximum Gasteiger partial charge on any atom is 0.416 e. The highest BCUT2D eigenvalue weighted by atomic mass is 19.4. The minimum atomic E-state index is -4.46. The highest BCUT2D eigenvalue weighted by molar-refractivity contribution is 6.06. The molecule has 25 heavy (non-hydrogen) atoms. The summed E-state index contributed by atoms with van der Waals surface area (Å²) in [6.45, 7) is 2.16. The molecule has 0 amide bonds. The number of furan rings is 1. The third-order valence-electron chi connectivity index (χ3n) is 4.93. The number of fused-ring (bicyclic) bond motifs is 3. The van der Waals surface area contributed by atoms with Crippen LogP contribution in [0, 0.1) is 11.7 Å². The Kier molecular flexibility index (Phi) is 3.63. The first-order valence-electron chi connectivity index (χ1n) is 8.26. The summed E-state index contributed by atoms with van der Waals surface area (Å²) in [5.74, 6) is 0.0885. The van der Waals surface area contributed by atoms with Gasteiger partial charge in [0.25, 0.3) is 0 Å². The van der Waals surface area contributed by atoms with E-state index in [2.05, 4.69) is 6.92 Å². The van der Waals surface area contributed by atoms with Crippen LogP contribution in [-0.4, -0.2) is 0 Å². The van der Waals surface area contributed by atoms with E-state index in [0.29, 0.717) is 22.3 Å². The maximum atomic E-state index is 15.0. The lowest BCUT2D eigenvalue weighted by Crippen LogP contribution is -2.03. The molecule has 4 rings (SSSR count). The fraction of sp³-hybridized carbons (Fsp3) is 0.300. The molecule has 0 N–H and O–H groups in total. The summed E-state index contributed by atoms with van der Waals surface area (Å²) >= 11 is 0. The van der Waals surface area contributed by atoms with Gasteiger partial charge >= 0.3 is 6.18 Å². The molecule has 0 spiro atoms. The molecule has 0 saturated carbocycles. The number of hydrogen-bond donors (Lipinski definition) is 0. The lowest BCUT2D eigenvalue weighted by molar-refractivity contribution is -0.137. The van der Waals surface area contributed by atoms with Crippen molar-refractivity contribution in [3.8, 4) is 0 Å². The number of hydrogen-bond acceptors (Lipinski definition) is 1. The molecule has 0 aliphatic heterocycles. The number of halogens is 4. The van der Waals surface area contributed by atoms with Crippen LogP contribution in [0.15, 0.2) is 40.8 Å². The van der Waals surface area contributed by atoms with E-state index in [1.807, 2.05) is 6.08 Å². The molecule has 1 heterocycles. The van der Waals surface area contributed by atoms with Crippen LogP contribution in [0.2, 0.25) is 0 Å². The zero-order valence-corrected chi connectivity index (χ0v) is 13.6. The van der Waals surface area contributed by atoms with Crippen molar-refractivity contribution in [2.24, 2.45) is 5.92 Å². The Balaban J connectivity index is 1.88. The van der Waals surface area contributed by atoms with E-state index in [1.54, 1.807) is 12.1 Å². The molecule has 1 aromatic heterocycles. The largest absolute Gasteiger partial charge is 0.453 e. The zero-order chi connectivity index (χ0) is 17.8. The molecule has 5 heteroatoms. The zero-order valence-electron chi connectivity index (χ0n) is 13.6. The molecule has 1 aliphatic rings. The molecule has 1 atom stereocenters. The van der Waals surface area contributed by atoms with E-state index in [-0.39, 0.29) is 11.2 Å². The van der Waals surface area contributed by atoms with Gasteiger partial charge in [-0.25, -0.2) is 4.39 Å². The van der Waals surface area contributed by atoms with Crippen LogP contribution in [0.4, 0.5) is 17.6 Å². The van der Waals surface area contributed by atoms with Crippen LogP contribution in [0.1, 0.15) is 37.3 Å². The highest BCUT2D eigenvalue weighted by Crippen LogP contribution is 2.39. The van der Waals surface area contributed by atoms with E-state index < -0.39 is 17.6 Å². The van der Waals surface area contributed by atoms with Crippen molar-refractivity contribution in [3.05, 3.63) is 53.4 Å². The minimum absolute atomic E-state index is 0.0198. The number of rotatable bonds is 1. The maximum absolute atomic E-state index is 15.0. The monoisotopic (exact) mass is 348 g/mol. The summed E-state index contributed by atoms with van der Waals surface area (Å²) in [4.78, 5) is 0. The second-order valence-corrected chi connectivity index (χ2v) is 6.72. The van der Waals surface area contributed by atoms with Crippen molar-refractivity contribution < 1.29 is 22.0 Å². The molecule has 0 bridgehead atoms. The standard InChI is InChI=1S/C20H16F4O/c1-11-2-4-12(5-3-11)14-8-9-16-15-7-6-13(20(22,23)24)10-17(15)25-19(16)18(14)21/h4,6-11H,2-3,5H2,1H3. The summed E-state index contributed by atoms with van der Waals surface area (Å²) in [7, 11) is 0. The van der Waals surface area contributed by atoms with Crippen LogP contribution in [0.25, 0.3) is 27.5 Å². The van der Waals surface area contributed by atoms with Gasteiger partial charge in [0.1, 0.15) is 5.58 Å². The van der Waals surface area contributed by atoms with Gasteiger partial charge in [0, 0.05) is 16.3 Å². The predicted octanol–water partition coefficient (Wildman–Crippen LogP) is 6.95. The molecular weight excluding hydrogens is 332 g/mol. The smallest absolute Gasteiger partial charge is 0.416 e. The molecule has 0 saturated heterocycles. The fourth-order valence-corrected chi connectivity index (χ4v) is 3.44. The van der Waals surface area contributed by atoms with Crippen molar-refractivity contribution >= 4 is 27.5 Å². The van der Waals surface area contributed by atoms with E-state index in [1.165, 1.54) is 6.07 Å². The quantitative estimate of drug-likeness (QED) is 0.434. The molecule has 1 nitrogen and oxygen atoms in total. The Labute approximate surface area is 141 Å². The van der Waals surface area contributed by atoms with Crippen LogP contribution in [0.3, 0.4) is 0 Å². The molecule has 1 unspecified atom stereocenters. The third-order valence-corrected chi connectivity index (χ3v) is 4.93. The predicted molar refractivity (Wildman–Crippen MR) is 89.7 cm³/mol. The summed E-state index contributed by atoms with van der Waals surface area (Å²) < 4.78 is 59.0. The minimum Gasteiger partial charge on any atom is -0.453 e. The molecule has 1 aliphatic carbocycles. The van der Waals surface area contributed by atoms with E-state index in [9.17, 15) is 17.6 Å². The Morgan fingerprint density at radius 2 is 1.84 bits per heavy atom. The normalized spacial score (nSPS) is 18.8. The first-order valence-corrected chi connectivity index (χ1v) is 8.26. The van der Waals surface area contributed by atoms with Gasteiger partial charge in [0.15, 0.2) is 11.4 Å². The van der Waals surface area contributed by atoms with Crippen LogP contribution >= 0.6 is 0 Å². The second kappa shape index (κ2) is 5.61. The van der Waals surface area contributed by atoms with Gasteiger partial charge in [0.05, 0.1) is 5.56 Å². The van der Waals surface area contributed by atoms with Crippen LogP contribution in [0.5, 0.6) is 0 Å². The topological polar surface area (TPSA) is 13.1 Å². The van der Waals surface area contributed by atoms with E-state index >= 15 is 0 Å². The van der Waals surface area contributed by atoms with Gasteiger partial charge < -0.3 is 4.42 Å². The Morgan fingerprint density at radius 3 is 2.52 bits per heavy atom. The molecule has 3 aromatic rings. The van der Waals surface area contributed by atoms with Gasteiger partial charge in [-0.3, -0.25) is 0 Å². The molecule has 0 fully saturated rings. The summed E-state index contributed by atoms with van der Waals surface area (Å²) in [5.41, 5.74) is 0.686. The lowest BCUT2D eigenvalue weighted by Gasteiger charge is -2.18. The van der Waals surface area contributed by atoms with Crippen molar-refractivity contribution in [2.75, 3.05) is 0 Å². The molecular formula is C20H16F4O. The Bertz CT molecular complexity index is 994. The highest BCUT2D eigenvalue weighted by Gasteiger charge is 2.31. The van der Waals surface area contributed by atoms with Crippen molar-refractivity contribution in [1.82, 2.24) is 0 Å². The Hall–Kier alpha value is -2.30. The van der Waals surface area contributed by atoms with Crippen molar-refractivity contribution in [2.45, 2.75) is 32.4 Å². The SMILES string of the molecule is CC1CC=C(c2ccc3c(oc4cc(C(F)(F)F)ccc43)c2F)CC1. The average molecular weight is 348 g/mol. The lowest BCUT2D eigenvalue weighted by atomic mass is 9.87. The first kappa shape index (κ1) is 16.2. The van der Waals surface area contributed by atoms with Crippen LogP contribution in [-0.2, 0) is 6.18 Å². The van der Waals surface area contributed by atoms with Crippen molar-refractivity contribution in [3.63, 3.8) is 0 Å². The summed E-state index contributed by atoms with van der Waals surface area (Å²) in [5, 5.41) is 0.981. The summed E-state index contributed by atoms with van der Waals surface area (Å²) in [6, 6.07) is 6.69. The fourth-order valence-electron chi connectivity index (χ4n) is 3.44. The third kappa shape index (κ3) is 2.71. The Morgan fingerprint density at radius 1 is 1.08 bits per heavy atom. The van der Waals surface area contributed by atoms with Crippen molar-refractivity contribution in [1.29, 1.82) is 0 Å². The second-order valence-electron chi connectivity index (χ2n) is 6.72. The van der Waals surface area contributed by atoms with Crippen LogP contribution < -0.4 is 0 Å². The van der Waals surface area contributed by atoms with Gasteiger partial charge in [-0.15, -0.1) is 0 Å². The number of alkyl halides is 3. The van der Waals surface area contributed by atoms with Gasteiger partial charge in [0.2, 0.25) is 0 Å². The number of benzene rings is 2. The summed E-state index contributed by atoms with van der Waals surface area (Å²) in [6.07, 6.45) is 0.283. The molecule has 0 radical (unpaired) electrons. The molecule has 2 aromatic carbocycles. The van der Waals surface area contributed by atoms with Gasteiger partial charge in [-0.2, -0.15) is 13.2 Å². The average Bonchev–Trinajstić information content (AvgIpc) is 2.94. The van der Waals surface area contributed by atoms with Gasteiger partial charge in [-0.1, -0.05) is 19.1 Å². The van der Waals surface area contributed by atoms with E-state index in [4.69, 9.17) is 4.42 Å². The molecule has 130 valence electrons. The van der Waals surface area contributed by atoms with Gasteiger partial charge in [-0.05, 0) is 55.0 Å². The van der Waals surface area contributed by atoms with E-state index in [0.717, 1.165) is 37.0 Å². The number of allylic oxidation sites excluding steroid dienone is 2.